The minimum Gasteiger partial charge on any atom is -0.387 e. The van der Waals surface area contributed by atoms with Crippen LogP contribution in [0.3, 0.4) is 0 Å². The van der Waals surface area contributed by atoms with E-state index in [0.29, 0.717) is 18.5 Å². The summed E-state index contributed by atoms with van der Waals surface area (Å²) < 4.78 is 0. The van der Waals surface area contributed by atoms with Crippen molar-refractivity contribution in [1.82, 2.24) is 4.90 Å². The lowest BCUT2D eigenvalue weighted by Gasteiger charge is -2.39. The smallest absolute Gasteiger partial charge is 0.232 e. The van der Waals surface area contributed by atoms with E-state index in [0.717, 1.165) is 37.2 Å². The van der Waals surface area contributed by atoms with Crippen molar-refractivity contribution < 1.29 is 9.90 Å². The molecule has 150 valence electrons. The Labute approximate surface area is 164 Å². The lowest BCUT2D eigenvalue weighted by atomic mass is 9.90. The van der Waals surface area contributed by atoms with Gasteiger partial charge in [0.1, 0.15) is 0 Å². The van der Waals surface area contributed by atoms with Crippen molar-refractivity contribution in [3.8, 4) is 0 Å². The molecular weight excluding hydrogens is 336 g/mol. The number of aryl methyl sites for hydroxylation is 1. The second-order valence-electron chi connectivity index (χ2n) is 9.57. The topological polar surface area (TPSA) is 43.8 Å². The van der Waals surface area contributed by atoms with E-state index in [-0.39, 0.29) is 11.3 Å². The van der Waals surface area contributed by atoms with Crippen LogP contribution in [0.25, 0.3) is 0 Å². The third kappa shape index (κ3) is 4.38. The summed E-state index contributed by atoms with van der Waals surface area (Å²) >= 11 is 0. The van der Waals surface area contributed by atoms with Crippen LogP contribution < -0.4 is 4.90 Å². The summed E-state index contributed by atoms with van der Waals surface area (Å²) in [5.41, 5.74) is 2.81. The molecule has 1 N–H and O–H groups in total. The van der Waals surface area contributed by atoms with Gasteiger partial charge in [-0.3, -0.25) is 9.69 Å². The van der Waals surface area contributed by atoms with Gasteiger partial charge in [-0.05, 0) is 62.3 Å². The van der Waals surface area contributed by atoms with Gasteiger partial charge in [-0.2, -0.15) is 0 Å². The highest BCUT2D eigenvalue weighted by Gasteiger charge is 2.32. The number of hydrogen-bond acceptors (Lipinski definition) is 3. The Morgan fingerprint density at radius 1 is 1.22 bits per heavy atom. The highest BCUT2D eigenvalue weighted by molar-refractivity contribution is 5.98. The van der Waals surface area contributed by atoms with Crippen molar-refractivity contribution in [3.63, 3.8) is 0 Å². The number of carbonyl (C=O) groups excluding carboxylic acids is 1. The van der Waals surface area contributed by atoms with Crippen LogP contribution in [0.2, 0.25) is 0 Å². The number of benzene rings is 1. The fourth-order valence-corrected chi connectivity index (χ4v) is 4.45. The summed E-state index contributed by atoms with van der Waals surface area (Å²) in [6.07, 6.45) is 3.98. The highest BCUT2D eigenvalue weighted by atomic mass is 16.3. The van der Waals surface area contributed by atoms with Gasteiger partial charge in [-0.25, -0.2) is 0 Å². The van der Waals surface area contributed by atoms with Gasteiger partial charge in [0.2, 0.25) is 5.91 Å². The normalized spacial score (nSPS) is 25.2. The Hall–Kier alpha value is -1.39. The molecule has 0 aliphatic carbocycles. The number of amides is 1. The zero-order valence-corrected chi connectivity index (χ0v) is 17.7. The Morgan fingerprint density at radius 2 is 1.96 bits per heavy atom. The average molecular weight is 373 g/mol. The Balaban J connectivity index is 1.76. The summed E-state index contributed by atoms with van der Waals surface area (Å²) in [6.45, 7) is 13.1. The van der Waals surface area contributed by atoms with Gasteiger partial charge in [0.25, 0.3) is 0 Å². The van der Waals surface area contributed by atoms with E-state index in [4.69, 9.17) is 0 Å². The lowest BCUT2D eigenvalue weighted by Crippen LogP contribution is -2.44. The predicted octanol–water partition coefficient (Wildman–Crippen LogP) is 4.17. The molecule has 0 bridgehead atoms. The molecule has 0 saturated carbocycles. The van der Waals surface area contributed by atoms with Crippen LogP contribution in [0.15, 0.2) is 18.2 Å². The summed E-state index contributed by atoms with van der Waals surface area (Å²) in [5, 5.41) is 10.9. The van der Waals surface area contributed by atoms with Gasteiger partial charge in [-0.1, -0.05) is 39.8 Å². The molecule has 0 aromatic heterocycles. The van der Waals surface area contributed by atoms with E-state index < -0.39 is 6.10 Å². The van der Waals surface area contributed by atoms with Crippen LogP contribution in [0, 0.1) is 11.3 Å². The fourth-order valence-electron chi connectivity index (χ4n) is 4.45. The molecule has 27 heavy (non-hydrogen) atoms. The number of rotatable bonds is 3. The molecular formula is C23H36N2O2. The number of fused-ring (bicyclic) bond motifs is 1. The molecule has 0 unspecified atom stereocenters. The van der Waals surface area contributed by atoms with Crippen LogP contribution in [-0.2, 0) is 11.2 Å². The molecule has 1 amide bonds. The number of carbonyl (C=O) groups is 1. The zero-order valence-electron chi connectivity index (χ0n) is 17.7. The van der Waals surface area contributed by atoms with Crippen molar-refractivity contribution >= 4 is 11.6 Å². The van der Waals surface area contributed by atoms with Gasteiger partial charge in [0, 0.05) is 30.2 Å². The zero-order chi connectivity index (χ0) is 19.8. The molecule has 1 fully saturated rings. The number of aliphatic hydroxyl groups excluding tert-OH is 1. The van der Waals surface area contributed by atoms with Gasteiger partial charge in [0.15, 0.2) is 0 Å². The number of β-amino-alcohol motifs (C(OH)–C–C–N with tert-alkyl or cyclic N) is 1. The summed E-state index contributed by atoms with van der Waals surface area (Å²) in [5.74, 6) is 0.860. The van der Waals surface area contributed by atoms with Crippen molar-refractivity contribution in [2.24, 2.45) is 11.3 Å². The maximum Gasteiger partial charge on any atom is 0.232 e. The molecule has 1 saturated heterocycles. The van der Waals surface area contributed by atoms with E-state index in [9.17, 15) is 9.90 Å². The maximum absolute atomic E-state index is 12.8. The number of likely N-dealkylation sites (tertiary alicyclic amines) is 1. The number of nitrogens with zero attached hydrogens (tertiary/aromatic N) is 2. The van der Waals surface area contributed by atoms with Gasteiger partial charge >= 0.3 is 0 Å². The van der Waals surface area contributed by atoms with Crippen LogP contribution in [0.4, 0.5) is 5.69 Å². The summed E-state index contributed by atoms with van der Waals surface area (Å²) in [6, 6.07) is 6.69. The fraction of sp³-hybridized carbons (Fsp3) is 0.696. The largest absolute Gasteiger partial charge is 0.387 e. The standard InChI is InChI=1S/C23H36N2O2/c1-16-8-6-12-24(17(16)2)15-21(26)19-10-11-20-18(14-19)9-7-13-25(20)22(27)23(3,4)5/h10-11,14,16-17,21,26H,6-9,12-13,15H2,1-5H3/t16-,17-,21+/m1/s1. The number of piperidine rings is 1. The quantitative estimate of drug-likeness (QED) is 0.866. The molecule has 3 atom stereocenters. The average Bonchev–Trinajstić information content (AvgIpc) is 2.63. The molecule has 2 aliphatic heterocycles. The van der Waals surface area contributed by atoms with E-state index in [1.165, 1.54) is 18.4 Å². The van der Waals surface area contributed by atoms with Crippen LogP contribution in [-0.4, -0.2) is 41.6 Å². The molecule has 1 aromatic carbocycles. The first kappa shape index (κ1) is 20.3. The predicted molar refractivity (Wildman–Crippen MR) is 111 cm³/mol. The number of aliphatic hydroxyl groups is 1. The Morgan fingerprint density at radius 3 is 2.67 bits per heavy atom. The molecule has 1 aromatic rings. The third-order valence-electron chi connectivity index (χ3n) is 6.41. The molecule has 0 spiro atoms. The van der Waals surface area contributed by atoms with E-state index in [1.54, 1.807) is 0 Å². The third-order valence-corrected chi connectivity index (χ3v) is 6.41. The molecule has 4 heteroatoms. The second kappa shape index (κ2) is 7.92. The molecule has 0 radical (unpaired) electrons. The van der Waals surface area contributed by atoms with E-state index in [2.05, 4.69) is 24.8 Å². The van der Waals surface area contributed by atoms with Crippen molar-refractivity contribution in [2.45, 2.75) is 72.4 Å². The molecule has 4 nitrogen and oxygen atoms in total. The van der Waals surface area contributed by atoms with Crippen molar-refractivity contribution in [3.05, 3.63) is 29.3 Å². The van der Waals surface area contributed by atoms with Crippen LogP contribution in [0.5, 0.6) is 0 Å². The van der Waals surface area contributed by atoms with Gasteiger partial charge in [-0.15, -0.1) is 0 Å². The van der Waals surface area contributed by atoms with E-state index >= 15 is 0 Å². The summed E-state index contributed by atoms with van der Waals surface area (Å²) in [4.78, 5) is 17.2. The van der Waals surface area contributed by atoms with Crippen molar-refractivity contribution in [1.29, 1.82) is 0 Å². The summed E-state index contributed by atoms with van der Waals surface area (Å²) in [7, 11) is 0. The van der Waals surface area contributed by atoms with Gasteiger partial charge < -0.3 is 10.0 Å². The minimum absolute atomic E-state index is 0.174. The first-order valence-corrected chi connectivity index (χ1v) is 10.6. The van der Waals surface area contributed by atoms with Crippen molar-refractivity contribution in [2.75, 3.05) is 24.5 Å². The minimum atomic E-state index is -0.475. The molecule has 3 rings (SSSR count). The number of anilines is 1. The number of hydrogen-bond donors (Lipinski definition) is 1. The maximum atomic E-state index is 12.8. The second-order valence-corrected chi connectivity index (χ2v) is 9.57. The Kier molecular flexibility index (Phi) is 5.97. The SMILES string of the molecule is C[C@@H]1CCCN(C[C@H](O)c2ccc3c(c2)CCCN3C(=O)C(C)(C)C)[C@@H]1C. The molecule has 2 heterocycles. The Bertz CT molecular complexity index is 679. The van der Waals surface area contributed by atoms with Gasteiger partial charge in [0.05, 0.1) is 6.10 Å². The lowest BCUT2D eigenvalue weighted by molar-refractivity contribution is -0.125. The molecule has 2 aliphatic rings. The highest BCUT2D eigenvalue weighted by Crippen LogP contribution is 2.33. The first-order valence-electron chi connectivity index (χ1n) is 10.6. The van der Waals surface area contributed by atoms with E-state index in [1.807, 2.05) is 37.8 Å². The van der Waals surface area contributed by atoms with Crippen LogP contribution in [0.1, 0.15) is 71.1 Å². The van der Waals surface area contributed by atoms with Crippen LogP contribution >= 0.6 is 0 Å². The first-order chi connectivity index (χ1) is 12.7. The monoisotopic (exact) mass is 372 g/mol.